The van der Waals surface area contributed by atoms with Crippen molar-refractivity contribution in [1.82, 2.24) is 10.2 Å². The molecule has 0 spiro atoms. The molecule has 0 aromatic carbocycles. The highest BCUT2D eigenvalue weighted by atomic mass is 32.1. The van der Waals surface area contributed by atoms with E-state index in [1.54, 1.807) is 11.3 Å². The van der Waals surface area contributed by atoms with Crippen LogP contribution in [0.4, 0.5) is 5.13 Å². The van der Waals surface area contributed by atoms with Gasteiger partial charge in [0.25, 0.3) is 0 Å². The van der Waals surface area contributed by atoms with Gasteiger partial charge >= 0.3 is 0 Å². The molecular weight excluding hydrogens is 194 g/mol. The first-order valence-electron chi connectivity index (χ1n) is 5.18. The molecule has 1 heterocycles. The van der Waals surface area contributed by atoms with E-state index in [1.165, 1.54) is 12.8 Å². The van der Waals surface area contributed by atoms with Crippen LogP contribution in [0.5, 0.6) is 0 Å². The van der Waals surface area contributed by atoms with Crippen molar-refractivity contribution < 1.29 is 0 Å². The summed E-state index contributed by atoms with van der Waals surface area (Å²) in [5, 5.41) is 13.4. The van der Waals surface area contributed by atoms with Crippen molar-refractivity contribution in [2.75, 3.05) is 5.32 Å². The van der Waals surface area contributed by atoms with E-state index in [2.05, 4.69) is 36.3 Å². The molecule has 80 valence electrons. The number of aryl methyl sites for hydroxylation is 1. The summed E-state index contributed by atoms with van der Waals surface area (Å²) in [4.78, 5) is 0. The van der Waals surface area contributed by atoms with E-state index in [4.69, 9.17) is 0 Å². The third-order valence-electron chi connectivity index (χ3n) is 2.35. The predicted molar refractivity (Wildman–Crippen MR) is 61.8 cm³/mol. The van der Waals surface area contributed by atoms with Gasteiger partial charge in [0.2, 0.25) is 5.13 Å². The molecule has 2 atom stereocenters. The molecule has 0 saturated heterocycles. The summed E-state index contributed by atoms with van der Waals surface area (Å²) >= 11 is 1.62. The second kappa shape index (κ2) is 5.29. The minimum Gasteiger partial charge on any atom is -0.358 e. The van der Waals surface area contributed by atoms with Gasteiger partial charge in [-0.25, -0.2) is 0 Å². The molecule has 0 saturated carbocycles. The van der Waals surface area contributed by atoms with Gasteiger partial charge in [0.15, 0.2) is 0 Å². The van der Waals surface area contributed by atoms with Gasteiger partial charge in [0.05, 0.1) is 0 Å². The monoisotopic (exact) mass is 213 g/mol. The second-order valence-corrected chi connectivity index (χ2v) is 5.10. The number of nitrogens with zero attached hydrogens (tertiary/aromatic N) is 2. The Labute approximate surface area is 89.9 Å². The lowest BCUT2D eigenvalue weighted by Gasteiger charge is -2.16. The van der Waals surface area contributed by atoms with Gasteiger partial charge in [-0.05, 0) is 26.2 Å². The molecule has 0 radical (unpaired) electrons. The smallest absolute Gasteiger partial charge is 0.205 e. The Kier molecular flexibility index (Phi) is 4.32. The summed E-state index contributed by atoms with van der Waals surface area (Å²) < 4.78 is 0. The third-order valence-corrected chi connectivity index (χ3v) is 3.12. The van der Waals surface area contributed by atoms with Gasteiger partial charge < -0.3 is 5.32 Å². The molecule has 1 aromatic rings. The van der Waals surface area contributed by atoms with Crippen molar-refractivity contribution in [2.45, 2.75) is 46.6 Å². The van der Waals surface area contributed by atoms with Gasteiger partial charge in [-0.15, -0.1) is 10.2 Å². The first-order valence-corrected chi connectivity index (χ1v) is 6.00. The predicted octanol–water partition coefficient (Wildman–Crippen LogP) is 3.08. The first-order chi connectivity index (χ1) is 6.61. The van der Waals surface area contributed by atoms with Crippen LogP contribution in [-0.4, -0.2) is 16.2 Å². The number of hydrogen-bond acceptors (Lipinski definition) is 4. The zero-order valence-electron chi connectivity index (χ0n) is 9.37. The average Bonchev–Trinajstić information content (AvgIpc) is 2.50. The quantitative estimate of drug-likeness (QED) is 0.816. The van der Waals surface area contributed by atoms with Crippen LogP contribution in [0.1, 0.15) is 38.6 Å². The van der Waals surface area contributed by atoms with Crippen molar-refractivity contribution >= 4 is 16.5 Å². The lowest BCUT2D eigenvalue weighted by Crippen LogP contribution is -2.18. The molecule has 1 rings (SSSR count). The van der Waals surface area contributed by atoms with Crippen LogP contribution in [0.25, 0.3) is 0 Å². The highest BCUT2D eigenvalue weighted by Crippen LogP contribution is 2.18. The molecule has 3 nitrogen and oxygen atoms in total. The maximum Gasteiger partial charge on any atom is 0.205 e. The van der Waals surface area contributed by atoms with E-state index in [-0.39, 0.29) is 0 Å². The lowest BCUT2D eigenvalue weighted by atomic mass is 10.0. The average molecular weight is 213 g/mol. The number of rotatable bonds is 5. The number of nitrogens with one attached hydrogen (secondary N) is 1. The third kappa shape index (κ3) is 3.62. The van der Waals surface area contributed by atoms with Crippen molar-refractivity contribution in [3.05, 3.63) is 5.01 Å². The summed E-state index contributed by atoms with van der Waals surface area (Å²) in [6.45, 7) is 8.68. The van der Waals surface area contributed by atoms with Crippen molar-refractivity contribution in [3.63, 3.8) is 0 Å². The maximum atomic E-state index is 4.05. The fourth-order valence-electron chi connectivity index (χ4n) is 1.39. The summed E-state index contributed by atoms with van der Waals surface area (Å²) in [6, 6.07) is 0.484. The molecule has 0 aliphatic rings. The molecule has 2 unspecified atom stereocenters. The Morgan fingerprint density at radius 2 is 2.07 bits per heavy atom. The van der Waals surface area contributed by atoms with Crippen LogP contribution in [0.2, 0.25) is 0 Å². The molecule has 0 aliphatic carbocycles. The second-order valence-electron chi connectivity index (χ2n) is 3.92. The first kappa shape index (κ1) is 11.4. The standard InChI is InChI=1S/C10H19N3S/c1-5-7(2)6-8(3)11-10-13-12-9(4)14-10/h7-8H,5-6H2,1-4H3,(H,11,13). The topological polar surface area (TPSA) is 37.8 Å². The van der Waals surface area contributed by atoms with E-state index in [1.807, 2.05) is 6.92 Å². The summed E-state index contributed by atoms with van der Waals surface area (Å²) in [5.74, 6) is 0.770. The molecule has 0 amide bonds. The minimum absolute atomic E-state index is 0.484. The molecule has 0 bridgehead atoms. The van der Waals surface area contributed by atoms with Gasteiger partial charge in [-0.3, -0.25) is 0 Å². The summed E-state index contributed by atoms with van der Waals surface area (Å²) in [7, 11) is 0. The van der Waals surface area contributed by atoms with Crippen molar-refractivity contribution in [1.29, 1.82) is 0 Å². The normalized spacial score (nSPS) is 15.1. The van der Waals surface area contributed by atoms with E-state index in [9.17, 15) is 0 Å². The van der Waals surface area contributed by atoms with Crippen LogP contribution >= 0.6 is 11.3 Å². The van der Waals surface area contributed by atoms with Gasteiger partial charge in [-0.1, -0.05) is 31.6 Å². The Bertz CT molecular complexity index is 272. The fourth-order valence-corrected chi connectivity index (χ4v) is 2.10. The highest BCUT2D eigenvalue weighted by molar-refractivity contribution is 7.15. The van der Waals surface area contributed by atoms with E-state index >= 15 is 0 Å². The van der Waals surface area contributed by atoms with Crippen LogP contribution < -0.4 is 5.32 Å². The van der Waals surface area contributed by atoms with Gasteiger partial charge in [-0.2, -0.15) is 0 Å². The summed E-state index contributed by atoms with van der Waals surface area (Å²) in [5.41, 5.74) is 0. The van der Waals surface area contributed by atoms with Gasteiger partial charge in [0.1, 0.15) is 5.01 Å². The van der Waals surface area contributed by atoms with Crippen LogP contribution in [0.3, 0.4) is 0 Å². The van der Waals surface area contributed by atoms with Crippen molar-refractivity contribution in [2.24, 2.45) is 5.92 Å². The molecular formula is C10H19N3S. The molecule has 1 N–H and O–H groups in total. The Balaban J connectivity index is 2.37. The van der Waals surface area contributed by atoms with Crippen LogP contribution in [0.15, 0.2) is 0 Å². The number of anilines is 1. The number of aromatic nitrogens is 2. The Morgan fingerprint density at radius 1 is 1.36 bits per heavy atom. The van der Waals surface area contributed by atoms with Crippen LogP contribution in [-0.2, 0) is 0 Å². The fraction of sp³-hybridized carbons (Fsp3) is 0.800. The van der Waals surface area contributed by atoms with E-state index < -0.39 is 0 Å². The minimum atomic E-state index is 0.484. The van der Waals surface area contributed by atoms with Crippen molar-refractivity contribution in [3.8, 4) is 0 Å². The summed E-state index contributed by atoms with van der Waals surface area (Å²) in [6.07, 6.45) is 2.43. The molecule has 14 heavy (non-hydrogen) atoms. The largest absolute Gasteiger partial charge is 0.358 e. The molecule has 4 heteroatoms. The highest BCUT2D eigenvalue weighted by Gasteiger charge is 2.08. The Morgan fingerprint density at radius 3 is 2.57 bits per heavy atom. The molecule has 0 fully saturated rings. The zero-order chi connectivity index (χ0) is 10.6. The SMILES string of the molecule is CCC(C)CC(C)Nc1nnc(C)s1. The zero-order valence-corrected chi connectivity index (χ0v) is 10.2. The lowest BCUT2D eigenvalue weighted by molar-refractivity contribution is 0.483. The Hall–Kier alpha value is -0.640. The molecule has 0 aliphatic heterocycles. The van der Waals surface area contributed by atoms with Gasteiger partial charge in [0, 0.05) is 6.04 Å². The van der Waals surface area contributed by atoms with E-state index in [0.717, 1.165) is 16.1 Å². The number of hydrogen-bond donors (Lipinski definition) is 1. The van der Waals surface area contributed by atoms with E-state index in [0.29, 0.717) is 6.04 Å². The molecule has 1 aromatic heterocycles. The van der Waals surface area contributed by atoms with Crippen LogP contribution in [0, 0.1) is 12.8 Å². The maximum absolute atomic E-state index is 4.05.